The van der Waals surface area contributed by atoms with Crippen molar-refractivity contribution in [1.82, 2.24) is 0 Å². The van der Waals surface area contributed by atoms with E-state index in [0.717, 1.165) is 32.4 Å². The smallest absolute Gasteiger partial charge is 0.278 e. The number of piperidine rings is 1. The van der Waals surface area contributed by atoms with Gasteiger partial charge in [0.2, 0.25) is 0 Å². The van der Waals surface area contributed by atoms with E-state index in [1.54, 1.807) is 0 Å². The van der Waals surface area contributed by atoms with Gasteiger partial charge in [-0.15, -0.1) is 0 Å². The van der Waals surface area contributed by atoms with Gasteiger partial charge in [-0.2, -0.15) is 0 Å². The zero-order valence-electron chi connectivity index (χ0n) is 9.93. The third kappa shape index (κ3) is 2.28. The van der Waals surface area contributed by atoms with E-state index in [1.165, 1.54) is 12.1 Å². The van der Waals surface area contributed by atoms with Crippen LogP contribution in [0.25, 0.3) is 0 Å². The van der Waals surface area contributed by atoms with Crippen molar-refractivity contribution in [2.24, 2.45) is 0 Å². The molecule has 5 nitrogen and oxygen atoms in total. The number of halogens is 1. The largest absolute Gasteiger partial charge is 0.391 e. The van der Waals surface area contributed by atoms with Gasteiger partial charge in [-0.05, 0) is 25.3 Å². The summed E-state index contributed by atoms with van der Waals surface area (Å²) in [4.78, 5) is 11.9. The third-order valence-corrected chi connectivity index (χ3v) is 3.25. The minimum atomic E-state index is -0.673. The molecule has 0 aliphatic carbocycles. The van der Waals surface area contributed by atoms with E-state index < -0.39 is 17.3 Å². The number of benzene rings is 1. The molecule has 1 aliphatic heterocycles. The summed E-state index contributed by atoms with van der Waals surface area (Å²) in [5.41, 5.74) is -0.247. The zero-order valence-corrected chi connectivity index (χ0v) is 9.93. The topological polar surface area (TPSA) is 66.6 Å². The molecule has 1 aromatic rings. The van der Waals surface area contributed by atoms with Crippen molar-refractivity contribution in [1.29, 1.82) is 0 Å². The maximum absolute atomic E-state index is 14.2. The number of anilines is 1. The van der Waals surface area contributed by atoms with E-state index in [9.17, 15) is 14.5 Å². The van der Waals surface area contributed by atoms with Gasteiger partial charge in [-0.1, -0.05) is 0 Å². The standard InChI is InChI=1S/C12H15FN2O3/c13-12-9(8-16)10(15(17)18)4-5-11(12)14-6-2-1-3-7-14/h4-5,16H,1-3,6-8H2. The summed E-state index contributed by atoms with van der Waals surface area (Å²) in [7, 11) is 0. The van der Waals surface area contributed by atoms with Gasteiger partial charge in [-0.25, -0.2) is 4.39 Å². The Labute approximate surface area is 104 Å². The Hall–Kier alpha value is -1.69. The van der Waals surface area contributed by atoms with Crippen molar-refractivity contribution in [2.45, 2.75) is 25.9 Å². The van der Waals surface area contributed by atoms with Crippen molar-refractivity contribution < 1.29 is 14.4 Å². The maximum atomic E-state index is 14.2. The molecule has 1 saturated heterocycles. The second kappa shape index (κ2) is 5.30. The summed E-state index contributed by atoms with van der Waals surface area (Å²) in [6.07, 6.45) is 3.10. The molecule has 18 heavy (non-hydrogen) atoms. The predicted octanol–water partition coefficient (Wildman–Crippen LogP) is 2.22. The van der Waals surface area contributed by atoms with Gasteiger partial charge in [0.05, 0.1) is 22.8 Å². The third-order valence-electron chi connectivity index (χ3n) is 3.25. The van der Waals surface area contributed by atoms with Crippen LogP contribution < -0.4 is 4.90 Å². The van der Waals surface area contributed by atoms with Gasteiger partial charge in [0.25, 0.3) is 5.69 Å². The molecule has 0 saturated carbocycles. The Bertz CT molecular complexity index is 459. The molecule has 1 fully saturated rings. The van der Waals surface area contributed by atoms with Crippen LogP contribution in [0.15, 0.2) is 12.1 Å². The lowest BCUT2D eigenvalue weighted by Crippen LogP contribution is -2.30. The molecule has 6 heteroatoms. The Balaban J connectivity index is 2.40. The average Bonchev–Trinajstić information content (AvgIpc) is 2.39. The molecule has 0 aromatic heterocycles. The molecule has 1 aromatic carbocycles. The lowest BCUT2D eigenvalue weighted by atomic mass is 10.1. The van der Waals surface area contributed by atoms with Crippen LogP contribution in [0.5, 0.6) is 0 Å². The quantitative estimate of drug-likeness (QED) is 0.663. The fraction of sp³-hybridized carbons (Fsp3) is 0.500. The second-order valence-electron chi connectivity index (χ2n) is 4.36. The Morgan fingerprint density at radius 3 is 2.56 bits per heavy atom. The minimum absolute atomic E-state index is 0.233. The van der Waals surface area contributed by atoms with E-state index in [2.05, 4.69) is 0 Å². The highest BCUT2D eigenvalue weighted by molar-refractivity contribution is 5.57. The normalized spacial score (nSPS) is 15.8. The molecule has 1 aliphatic rings. The molecular weight excluding hydrogens is 239 g/mol. The van der Waals surface area contributed by atoms with Crippen molar-refractivity contribution in [3.05, 3.63) is 33.6 Å². The van der Waals surface area contributed by atoms with E-state index >= 15 is 0 Å². The Kier molecular flexibility index (Phi) is 3.76. The van der Waals surface area contributed by atoms with Crippen LogP contribution in [0, 0.1) is 15.9 Å². The van der Waals surface area contributed by atoms with Crippen LogP contribution in [0.3, 0.4) is 0 Å². The SMILES string of the molecule is O=[N+]([O-])c1ccc(N2CCCCC2)c(F)c1CO. The molecule has 98 valence electrons. The van der Waals surface area contributed by atoms with Crippen molar-refractivity contribution >= 4 is 11.4 Å². The van der Waals surface area contributed by atoms with Gasteiger partial charge in [0, 0.05) is 19.2 Å². The van der Waals surface area contributed by atoms with Gasteiger partial charge < -0.3 is 10.0 Å². The molecule has 2 rings (SSSR count). The Morgan fingerprint density at radius 2 is 2.00 bits per heavy atom. The second-order valence-corrected chi connectivity index (χ2v) is 4.36. The number of nitro groups is 1. The van der Waals surface area contributed by atoms with Crippen LogP contribution >= 0.6 is 0 Å². The molecule has 0 spiro atoms. The molecule has 1 heterocycles. The summed E-state index contributed by atoms with van der Waals surface area (Å²) in [5, 5.41) is 19.8. The fourth-order valence-electron chi connectivity index (χ4n) is 2.30. The van der Waals surface area contributed by atoms with Gasteiger partial charge in [0.15, 0.2) is 5.82 Å². The number of aliphatic hydroxyl groups is 1. The highest BCUT2D eigenvalue weighted by atomic mass is 19.1. The average molecular weight is 254 g/mol. The van der Waals surface area contributed by atoms with Crippen LogP contribution in [-0.2, 0) is 6.61 Å². The molecule has 1 N–H and O–H groups in total. The van der Waals surface area contributed by atoms with Gasteiger partial charge in [0.1, 0.15) is 0 Å². The summed E-state index contributed by atoms with van der Waals surface area (Å²) in [6, 6.07) is 2.69. The fourth-order valence-corrected chi connectivity index (χ4v) is 2.30. The van der Waals surface area contributed by atoms with Gasteiger partial charge in [-0.3, -0.25) is 10.1 Å². The van der Waals surface area contributed by atoms with Crippen LogP contribution in [0.1, 0.15) is 24.8 Å². The number of aliphatic hydroxyl groups excluding tert-OH is 1. The van der Waals surface area contributed by atoms with Crippen molar-refractivity contribution in [2.75, 3.05) is 18.0 Å². The van der Waals surface area contributed by atoms with Crippen molar-refractivity contribution in [3.63, 3.8) is 0 Å². The number of nitro benzene ring substituents is 1. The first-order valence-corrected chi connectivity index (χ1v) is 5.96. The van der Waals surface area contributed by atoms with Crippen LogP contribution in [0.2, 0.25) is 0 Å². The van der Waals surface area contributed by atoms with Crippen molar-refractivity contribution in [3.8, 4) is 0 Å². The monoisotopic (exact) mass is 254 g/mol. The van der Waals surface area contributed by atoms with E-state index in [1.807, 2.05) is 4.90 Å². The van der Waals surface area contributed by atoms with Gasteiger partial charge >= 0.3 is 0 Å². The number of rotatable bonds is 3. The first-order chi connectivity index (χ1) is 8.65. The summed E-state index contributed by atoms with van der Waals surface area (Å²) in [5.74, 6) is -0.673. The Morgan fingerprint density at radius 1 is 1.33 bits per heavy atom. The summed E-state index contributed by atoms with van der Waals surface area (Å²) < 4.78 is 14.2. The molecule has 0 radical (unpaired) electrons. The van der Waals surface area contributed by atoms with E-state index in [0.29, 0.717) is 5.69 Å². The predicted molar refractivity (Wildman–Crippen MR) is 65.0 cm³/mol. The zero-order chi connectivity index (χ0) is 13.1. The lowest BCUT2D eigenvalue weighted by Gasteiger charge is -2.29. The maximum Gasteiger partial charge on any atom is 0.278 e. The number of nitrogens with zero attached hydrogens (tertiary/aromatic N) is 2. The highest BCUT2D eigenvalue weighted by Gasteiger charge is 2.23. The van der Waals surface area contributed by atoms with Crippen LogP contribution in [-0.4, -0.2) is 23.1 Å². The lowest BCUT2D eigenvalue weighted by molar-refractivity contribution is -0.386. The summed E-state index contributed by atoms with van der Waals surface area (Å²) >= 11 is 0. The minimum Gasteiger partial charge on any atom is -0.391 e. The molecule has 0 bridgehead atoms. The first kappa shape index (κ1) is 12.8. The first-order valence-electron chi connectivity index (χ1n) is 5.96. The molecule has 0 atom stereocenters. The van der Waals surface area contributed by atoms with E-state index in [-0.39, 0.29) is 11.3 Å². The molecule has 0 amide bonds. The number of hydrogen-bond donors (Lipinski definition) is 1. The van der Waals surface area contributed by atoms with E-state index in [4.69, 9.17) is 5.11 Å². The number of hydrogen-bond acceptors (Lipinski definition) is 4. The summed E-state index contributed by atoms with van der Waals surface area (Å²) in [6.45, 7) is 0.836. The molecule has 0 unspecified atom stereocenters. The molecular formula is C12H15FN2O3. The van der Waals surface area contributed by atoms with Crippen LogP contribution in [0.4, 0.5) is 15.8 Å². The highest BCUT2D eigenvalue weighted by Crippen LogP contribution is 2.31.